The van der Waals surface area contributed by atoms with E-state index < -0.39 is 5.60 Å². The number of benzene rings is 2. The Hall–Kier alpha value is -4.66. The molecule has 9 heteroatoms. The Morgan fingerprint density at radius 1 is 1.02 bits per heavy atom. The van der Waals surface area contributed by atoms with Gasteiger partial charge in [-0.3, -0.25) is 4.79 Å². The summed E-state index contributed by atoms with van der Waals surface area (Å²) in [5.74, 6) is 0.644. The molecule has 0 atom stereocenters. The third-order valence-electron chi connectivity index (χ3n) is 7.49. The zero-order chi connectivity index (χ0) is 29.4. The minimum absolute atomic E-state index is 0.0261. The molecule has 42 heavy (non-hydrogen) atoms. The van der Waals surface area contributed by atoms with Crippen molar-refractivity contribution in [2.24, 2.45) is 0 Å². The smallest absolute Gasteiger partial charge is 0.410 e. The van der Waals surface area contributed by atoms with Gasteiger partial charge in [0.15, 0.2) is 11.4 Å². The maximum atomic E-state index is 13.5. The molecule has 0 unspecified atom stereocenters. The number of pyridine rings is 1. The van der Waals surface area contributed by atoms with Gasteiger partial charge in [0, 0.05) is 42.3 Å². The summed E-state index contributed by atoms with van der Waals surface area (Å²) in [7, 11) is 0. The average molecular weight is 566 g/mol. The molecular weight excluding hydrogens is 530 g/mol. The van der Waals surface area contributed by atoms with Gasteiger partial charge in [-0.2, -0.15) is 5.10 Å². The van der Waals surface area contributed by atoms with Crippen LogP contribution in [0, 0.1) is 6.92 Å². The molecule has 0 bridgehead atoms. The van der Waals surface area contributed by atoms with Gasteiger partial charge in [0.1, 0.15) is 12.2 Å². The molecule has 1 amide bonds. The van der Waals surface area contributed by atoms with Gasteiger partial charge in [0.2, 0.25) is 0 Å². The number of ether oxygens (including phenoxy) is 2. The van der Waals surface area contributed by atoms with Crippen LogP contribution >= 0.6 is 0 Å². The molecule has 0 saturated carbocycles. The molecular formula is C33H35N5O4. The predicted molar refractivity (Wildman–Crippen MR) is 162 cm³/mol. The minimum atomic E-state index is -0.530. The molecule has 1 aliphatic rings. The fourth-order valence-electron chi connectivity index (χ4n) is 5.41. The molecule has 3 aromatic heterocycles. The highest BCUT2D eigenvalue weighted by molar-refractivity contribution is 5.86. The van der Waals surface area contributed by atoms with Crippen LogP contribution in [0.3, 0.4) is 0 Å². The first-order valence-electron chi connectivity index (χ1n) is 14.3. The number of nitrogens with zero attached hydrogens (tertiary/aromatic N) is 5. The summed E-state index contributed by atoms with van der Waals surface area (Å²) < 4.78 is 15.3. The number of likely N-dealkylation sites (tertiary alicyclic amines) is 1. The van der Waals surface area contributed by atoms with E-state index in [1.54, 1.807) is 9.42 Å². The molecule has 6 rings (SSSR count). The van der Waals surface area contributed by atoms with Gasteiger partial charge < -0.3 is 18.9 Å². The highest BCUT2D eigenvalue weighted by Gasteiger charge is 2.28. The number of rotatable bonds is 5. The average Bonchev–Trinajstić information content (AvgIpc) is 3.36. The van der Waals surface area contributed by atoms with Crippen molar-refractivity contribution in [3.63, 3.8) is 0 Å². The minimum Gasteiger partial charge on any atom is -0.485 e. The van der Waals surface area contributed by atoms with Gasteiger partial charge in [-0.25, -0.2) is 14.3 Å². The fraction of sp³-hybridized carbons (Fsp3) is 0.333. The van der Waals surface area contributed by atoms with Crippen molar-refractivity contribution in [3.05, 3.63) is 94.7 Å². The monoisotopic (exact) mass is 565 g/mol. The SMILES string of the molecule is Cc1cn2nc(-c3ccc4c(=O)n(C5CCN(C(=O)OC(C)(C)C)CC5)ccc4c3)cc(OCc3ccccc3)c2n1. The van der Waals surface area contributed by atoms with E-state index >= 15 is 0 Å². The van der Waals surface area contributed by atoms with E-state index in [-0.39, 0.29) is 17.7 Å². The number of imidazole rings is 1. The van der Waals surface area contributed by atoms with Crippen molar-refractivity contribution in [2.75, 3.05) is 13.1 Å². The number of aryl methyl sites for hydroxylation is 1. The summed E-state index contributed by atoms with van der Waals surface area (Å²) in [6, 6.07) is 19.7. The highest BCUT2D eigenvalue weighted by atomic mass is 16.6. The third-order valence-corrected chi connectivity index (χ3v) is 7.49. The van der Waals surface area contributed by atoms with E-state index in [1.165, 1.54) is 0 Å². The van der Waals surface area contributed by atoms with E-state index in [1.807, 2.05) is 105 Å². The van der Waals surface area contributed by atoms with E-state index in [9.17, 15) is 9.59 Å². The van der Waals surface area contributed by atoms with Crippen LogP contribution in [0.4, 0.5) is 4.79 Å². The van der Waals surface area contributed by atoms with Crippen molar-refractivity contribution in [1.82, 2.24) is 24.1 Å². The van der Waals surface area contributed by atoms with Gasteiger partial charge >= 0.3 is 6.09 Å². The lowest BCUT2D eigenvalue weighted by molar-refractivity contribution is 0.0187. The standard InChI is InChI=1S/C33H35N5O4/c1-22-20-38-30(34-22)29(41-21-23-8-6-5-7-9-23)19-28(35-38)25-10-11-27-24(18-25)12-17-37(31(27)39)26-13-15-36(16-14-26)32(40)42-33(2,3)4/h5-12,17-20,26H,13-16,21H2,1-4H3. The molecule has 1 saturated heterocycles. The van der Waals surface area contributed by atoms with Crippen LogP contribution in [-0.2, 0) is 11.3 Å². The van der Waals surface area contributed by atoms with E-state index in [0.717, 1.165) is 27.9 Å². The molecule has 1 fully saturated rings. The Morgan fingerprint density at radius 2 is 1.79 bits per heavy atom. The zero-order valence-electron chi connectivity index (χ0n) is 24.4. The Kier molecular flexibility index (Phi) is 7.18. The van der Waals surface area contributed by atoms with Crippen molar-refractivity contribution < 1.29 is 14.3 Å². The topological polar surface area (TPSA) is 91.0 Å². The zero-order valence-corrected chi connectivity index (χ0v) is 24.4. The largest absolute Gasteiger partial charge is 0.485 e. The van der Waals surface area contributed by atoms with Crippen molar-refractivity contribution >= 4 is 22.5 Å². The van der Waals surface area contributed by atoms with Crippen LogP contribution in [0.15, 0.2) is 77.9 Å². The Bertz CT molecular complexity index is 1810. The van der Waals surface area contributed by atoms with Gasteiger partial charge in [-0.05, 0) is 69.7 Å². The first-order chi connectivity index (χ1) is 20.1. The lowest BCUT2D eigenvalue weighted by Crippen LogP contribution is -2.43. The lowest BCUT2D eigenvalue weighted by atomic mass is 10.0. The molecule has 2 aromatic carbocycles. The quantitative estimate of drug-likeness (QED) is 0.253. The number of aromatic nitrogens is 4. The van der Waals surface area contributed by atoms with Crippen molar-refractivity contribution in [1.29, 1.82) is 0 Å². The maximum absolute atomic E-state index is 13.5. The summed E-state index contributed by atoms with van der Waals surface area (Å²) in [4.78, 5) is 32.3. The van der Waals surface area contributed by atoms with Crippen molar-refractivity contribution in [3.8, 4) is 17.0 Å². The highest BCUT2D eigenvalue weighted by Crippen LogP contribution is 2.29. The Morgan fingerprint density at radius 3 is 2.52 bits per heavy atom. The van der Waals surface area contributed by atoms with Gasteiger partial charge in [-0.15, -0.1) is 0 Å². The molecule has 9 nitrogen and oxygen atoms in total. The summed E-state index contributed by atoms with van der Waals surface area (Å²) in [5, 5.41) is 6.29. The second-order valence-corrected chi connectivity index (χ2v) is 11.8. The van der Waals surface area contributed by atoms with E-state index in [0.29, 0.717) is 49.3 Å². The van der Waals surface area contributed by atoms with Crippen LogP contribution in [0.25, 0.3) is 27.7 Å². The molecule has 0 aliphatic carbocycles. The molecule has 216 valence electrons. The summed E-state index contributed by atoms with van der Waals surface area (Å²) in [6.45, 7) is 9.05. The number of amides is 1. The number of fused-ring (bicyclic) bond motifs is 2. The third kappa shape index (κ3) is 5.72. The van der Waals surface area contributed by atoms with Crippen molar-refractivity contribution in [2.45, 2.75) is 58.8 Å². The first kappa shape index (κ1) is 27.5. The molecule has 5 aromatic rings. The van der Waals surface area contributed by atoms with E-state index in [2.05, 4.69) is 4.98 Å². The van der Waals surface area contributed by atoms with Gasteiger partial charge in [-0.1, -0.05) is 36.4 Å². The normalized spacial score (nSPS) is 14.4. The van der Waals surface area contributed by atoms with Crippen LogP contribution in [0.1, 0.15) is 50.9 Å². The number of hydrogen-bond donors (Lipinski definition) is 0. The first-order valence-corrected chi connectivity index (χ1v) is 14.3. The van der Waals surface area contributed by atoms with Crippen LogP contribution in [0.5, 0.6) is 5.75 Å². The van der Waals surface area contributed by atoms with Gasteiger partial charge in [0.25, 0.3) is 5.56 Å². The van der Waals surface area contributed by atoms with E-state index in [4.69, 9.17) is 14.6 Å². The molecule has 0 radical (unpaired) electrons. The summed E-state index contributed by atoms with van der Waals surface area (Å²) in [5.41, 5.74) is 3.61. The van der Waals surface area contributed by atoms with Gasteiger partial charge in [0.05, 0.1) is 17.6 Å². The number of carbonyl (C=O) groups is 1. The van der Waals surface area contributed by atoms with Crippen LogP contribution < -0.4 is 10.3 Å². The fourth-order valence-corrected chi connectivity index (χ4v) is 5.41. The second-order valence-electron chi connectivity index (χ2n) is 11.8. The number of carbonyl (C=O) groups excluding carboxylic acids is 1. The molecule has 0 N–H and O–H groups in total. The molecule has 0 spiro atoms. The molecule has 4 heterocycles. The Labute approximate surface area is 244 Å². The summed E-state index contributed by atoms with van der Waals surface area (Å²) >= 11 is 0. The number of piperidine rings is 1. The van der Waals surface area contributed by atoms with Crippen LogP contribution in [0.2, 0.25) is 0 Å². The second kappa shape index (κ2) is 11.0. The number of hydrogen-bond acceptors (Lipinski definition) is 6. The maximum Gasteiger partial charge on any atom is 0.410 e. The lowest BCUT2D eigenvalue weighted by Gasteiger charge is -2.34. The Balaban J connectivity index is 1.25. The summed E-state index contributed by atoms with van der Waals surface area (Å²) in [6.07, 6.45) is 4.84. The van der Waals surface area contributed by atoms with Crippen LogP contribution in [-0.4, -0.2) is 48.8 Å². The molecule has 1 aliphatic heterocycles. The predicted octanol–water partition coefficient (Wildman–Crippen LogP) is 6.17.